The Morgan fingerprint density at radius 3 is 2.38 bits per heavy atom. The maximum atomic E-state index is 11.3. The van der Waals surface area contributed by atoms with Crippen molar-refractivity contribution in [1.82, 2.24) is 9.80 Å². The third-order valence-corrected chi connectivity index (χ3v) is 2.47. The lowest BCUT2D eigenvalue weighted by atomic mass is 10.3. The number of nitrogens with zero attached hydrogens (tertiary/aromatic N) is 2. The highest BCUT2D eigenvalue weighted by Crippen LogP contribution is 2.02. The highest BCUT2D eigenvalue weighted by molar-refractivity contribution is 5.75. The minimum absolute atomic E-state index is 0.271. The zero-order valence-corrected chi connectivity index (χ0v) is 8.33. The summed E-state index contributed by atoms with van der Waals surface area (Å²) in [4.78, 5) is 15.6. The molecule has 0 aromatic carbocycles. The van der Waals surface area contributed by atoms with Gasteiger partial charge in [0.25, 0.3) is 0 Å². The van der Waals surface area contributed by atoms with E-state index in [9.17, 15) is 4.79 Å². The Balaban J connectivity index is 2.26. The van der Waals surface area contributed by atoms with Crippen molar-refractivity contribution in [3.63, 3.8) is 0 Å². The molecule has 0 spiro atoms. The van der Waals surface area contributed by atoms with Crippen LogP contribution in [0.2, 0.25) is 0 Å². The first-order chi connectivity index (χ1) is 6.27. The van der Waals surface area contributed by atoms with Gasteiger partial charge in [0.05, 0.1) is 0 Å². The minimum atomic E-state index is 0.271. The van der Waals surface area contributed by atoms with Gasteiger partial charge in [-0.1, -0.05) is 6.92 Å². The first kappa shape index (κ1) is 10.5. The zero-order valence-electron chi connectivity index (χ0n) is 8.33. The molecule has 4 heteroatoms. The van der Waals surface area contributed by atoms with E-state index in [4.69, 9.17) is 5.73 Å². The molecule has 0 unspecified atom stereocenters. The number of rotatable bonds is 3. The van der Waals surface area contributed by atoms with Gasteiger partial charge in [-0.25, -0.2) is 0 Å². The van der Waals surface area contributed by atoms with Gasteiger partial charge >= 0.3 is 0 Å². The lowest BCUT2D eigenvalue weighted by Crippen LogP contribution is -2.49. The maximum absolute atomic E-state index is 11.3. The predicted molar refractivity (Wildman–Crippen MR) is 52.4 cm³/mol. The third kappa shape index (κ3) is 2.97. The molecule has 0 aliphatic carbocycles. The van der Waals surface area contributed by atoms with Crippen LogP contribution in [0.15, 0.2) is 0 Å². The molecule has 1 fully saturated rings. The summed E-state index contributed by atoms with van der Waals surface area (Å²) in [6.45, 7) is 7.26. The summed E-state index contributed by atoms with van der Waals surface area (Å²) in [7, 11) is 0. The largest absolute Gasteiger partial charge is 0.340 e. The Morgan fingerprint density at radius 1 is 1.31 bits per heavy atom. The van der Waals surface area contributed by atoms with Crippen molar-refractivity contribution in [2.45, 2.75) is 13.3 Å². The van der Waals surface area contributed by atoms with Gasteiger partial charge in [-0.3, -0.25) is 9.69 Å². The summed E-state index contributed by atoms with van der Waals surface area (Å²) in [5.41, 5.74) is 5.46. The molecule has 2 N–H and O–H groups in total. The molecule has 0 atom stereocenters. The van der Waals surface area contributed by atoms with E-state index in [1.807, 2.05) is 11.8 Å². The molecule has 1 aliphatic rings. The number of hydrogen-bond donors (Lipinski definition) is 1. The van der Waals surface area contributed by atoms with Crippen molar-refractivity contribution in [1.29, 1.82) is 0 Å². The van der Waals surface area contributed by atoms with Gasteiger partial charge in [-0.2, -0.15) is 0 Å². The van der Waals surface area contributed by atoms with Gasteiger partial charge in [0, 0.05) is 45.7 Å². The van der Waals surface area contributed by atoms with Crippen LogP contribution in [0, 0.1) is 0 Å². The summed E-state index contributed by atoms with van der Waals surface area (Å²) in [5.74, 6) is 0.271. The summed E-state index contributed by atoms with van der Waals surface area (Å²) >= 11 is 0. The Labute approximate surface area is 79.7 Å². The standard InChI is InChI=1S/C9H19N3O/c1-2-9(13)12-7-5-11(4-3-10)6-8-12/h2-8,10H2,1H3. The molecular formula is C9H19N3O. The van der Waals surface area contributed by atoms with E-state index in [1.54, 1.807) is 0 Å². The highest BCUT2D eigenvalue weighted by Gasteiger charge is 2.18. The lowest BCUT2D eigenvalue weighted by Gasteiger charge is -2.34. The summed E-state index contributed by atoms with van der Waals surface area (Å²) < 4.78 is 0. The number of amides is 1. The first-order valence-corrected chi connectivity index (χ1v) is 4.98. The van der Waals surface area contributed by atoms with Gasteiger partial charge in [0.1, 0.15) is 0 Å². The van der Waals surface area contributed by atoms with Crippen LogP contribution >= 0.6 is 0 Å². The van der Waals surface area contributed by atoms with Gasteiger partial charge in [-0.05, 0) is 0 Å². The fourth-order valence-corrected chi connectivity index (χ4v) is 1.63. The van der Waals surface area contributed by atoms with E-state index >= 15 is 0 Å². The van der Waals surface area contributed by atoms with E-state index in [0.29, 0.717) is 13.0 Å². The zero-order chi connectivity index (χ0) is 9.68. The third-order valence-electron chi connectivity index (χ3n) is 2.47. The molecule has 76 valence electrons. The smallest absolute Gasteiger partial charge is 0.222 e. The predicted octanol–water partition coefficient (Wildman–Crippen LogP) is -0.501. The van der Waals surface area contributed by atoms with E-state index in [0.717, 1.165) is 32.7 Å². The normalized spacial score (nSPS) is 19.1. The van der Waals surface area contributed by atoms with Crippen LogP contribution in [-0.4, -0.2) is 55.0 Å². The second-order valence-electron chi connectivity index (χ2n) is 3.36. The van der Waals surface area contributed by atoms with Crippen molar-refractivity contribution in [2.24, 2.45) is 5.73 Å². The molecule has 1 aliphatic heterocycles. The van der Waals surface area contributed by atoms with E-state index < -0.39 is 0 Å². The maximum Gasteiger partial charge on any atom is 0.222 e. The lowest BCUT2D eigenvalue weighted by molar-refractivity contribution is -0.132. The van der Waals surface area contributed by atoms with Crippen molar-refractivity contribution >= 4 is 5.91 Å². The second-order valence-corrected chi connectivity index (χ2v) is 3.36. The number of hydrogen-bond acceptors (Lipinski definition) is 3. The molecule has 1 heterocycles. The van der Waals surface area contributed by atoms with E-state index in [2.05, 4.69) is 4.90 Å². The topological polar surface area (TPSA) is 49.6 Å². The monoisotopic (exact) mass is 185 g/mol. The van der Waals surface area contributed by atoms with Crippen LogP contribution in [0.3, 0.4) is 0 Å². The van der Waals surface area contributed by atoms with Gasteiger partial charge in [-0.15, -0.1) is 0 Å². The fraction of sp³-hybridized carbons (Fsp3) is 0.889. The van der Waals surface area contributed by atoms with Crippen molar-refractivity contribution < 1.29 is 4.79 Å². The van der Waals surface area contributed by atoms with E-state index in [1.165, 1.54) is 0 Å². The van der Waals surface area contributed by atoms with Crippen LogP contribution in [0.5, 0.6) is 0 Å². The van der Waals surface area contributed by atoms with Gasteiger partial charge in [0.2, 0.25) is 5.91 Å². The van der Waals surface area contributed by atoms with Crippen molar-refractivity contribution in [3.8, 4) is 0 Å². The average molecular weight is 185 g/mol. The molecule has 0 bridgehead atoms. The Bertz CT molecular complexity index is 164. The molecule has 1 rings (SSSR count). The average Bonchev–Trinajstić information content (AvgIpc) is 2.18. The Kier molecular flexibility index (Phi) is 4.18. The first-order valence-electron chi connectivity index (χ1n) is 4.98. The molecule has 0 aromatic heterocycles. The van der Waals surface area contributed by atoms with Gasteiger partial charge in [0.15, 0.2) is 0 Å². The van der Waals surface area contributed by atoms with Crippen LogP contribution in [0.25, 0.3) is 0 Å². The molecule has 0 saturated carbocycles. The SMILES string of the molecule is CCC(=O)N1CCN(CCN)CC1. The molecule has 4 nitrogen and oxygen atoms in total. The second kappa shape index (κ2) is 5.19. The van der Waals surface area contributed by atoms with Crippen molar-refractivity contribution in [2.75, 3.05) is 39.3 Å². The van der Waals surface area contributed by atoms with Crippen LogP contribution in [0.4, 0.5) is 0 Å². The van der Waals surface area contributed by atoms with Crippen LogP contribution in [0.1, 0.15) is 13.3 Å². The molecule has 13 heavy (non-hydrogen) atoms. The molecule has 0 radical (unpaired) electrons. The number of piperazine rings is 1. The highest BCUT2D eigenvalue weighted by atomic mass is 16.2. The molecular weight excluding hydrogens is 166 g/mol. The number of nitrogens with two attached hydrogens (primary N) is 1. The summed E-state index contributed by atoms with van der Waals surface area (Å²) in [6, 6.07) is 0. The molecule has 1 amide bonds. The minimum Gasteiger partial charge on any atom is -0.340 e. The van der Waals surface area contributed by atoms with Crippen molar-refractivity contribution in [3.05, 3.63) is 0 Å². The number of carbonyl (C=O) groups excluding carboxylic acids is 1. The van der Waals surface area contributed by atoms with E-state index in [-0.39, 0.29) is 5.91 Å². The van der Waals surface area contributed by atoms with Crippen LogP contribution < -0.4 is 5.73 Å². The summed E-state index contributed by atoms with van der Waals surface area (Å²) in [5, 5.41) is 0. The number of carbonyl (C=O) groups is 1. The molecule has 0 aromatic rings. The summed E-state index contributed by atoms with van der Waals surface area (Å²) in [6.07, 6.45) is 0.622. The molecule has 1 saturated heterocycles. The fourth-order valence-electron chi connectivity index (χ4n) is 1.63. The van der Waals surface area contributed by atoms with Crippen LogP contribution in [-0.2, 0) is 4.79 Å². The van der Waals surface area contributed by atoms with Gasteiger partial charge < -0.3 is 10.6 Å². The Morgan fingerprint density at radius 2 is 1.92 bits per heavy atom. The Hall–Kier alpha value is -0.610. The quantitative estimate of drug-likeness (QED) is 0.645.